The van der Waals surface area contributed by atoms with Crippen molar-refractivity contribution in [1.29, 1.82) is 0 Å². The van der Waals surface area contributed by atoms with Crippen molar-refractivity contribution in [2.24, 2.45) is 0 Å². The van der Waals surface area contributed by atoms with Crippen molar-refractivity contribution in [2.75, 3.05) is 18.5 Å². The average molecular weight is 227 g/mol. The molecule has 0 saturated heterocycles. The lowest BCUT2D eigenvalue weighted by atomic mass is 10.1. The Morgan fingerprint density at radius 2 is 2.33 bits per heavy atom. The number of aliphatic hydroxyl groups is 1. The fourth-order valence-corrected chi connectivity index (χ4v) is 1.89. The Bertz CT molecular complexity index is 395. The zero-order chi connectivity index (χ0) is 10.8. The van der Waals surface area contributed by atoms with E-state index in [-0.39, 0.29) is 12.5 Å². The number of amides is 1. The lowest BCUT2D eigenvalue weighted by Gasteiger charge is -2.09. The third-order valence-corrected chi connectivity index (χ3v) is 2.64. The monoisotopic (exact) mass is 226 g/mol. The zero-order valence-corrected chi connectivity index (χ0v) is 8.71. The summed E-state index contributed by atoms with van der Waals surface area (Å²) >= 11 is 5.94. The Hall–Kier alpha value is -1.10. The Morgan fingerprint density at radius 1 is 1.53 bits per heavy atom. The minimum atomic E-state index is -0.411. The summed E-state index contributed by atoms with van der Waals surface area (Å²) in [5.41, 5.74) is 1.50. The van der Waals surface area contributed by atoms with Gasteiger partial charge >= 0.3 is 0 Å². The standard InChI is InChI=1S/C10H11ClN2O2/c11-7-3-1-2-6-8(7)13-10(15)9(6)12-4-5-14/h1-3,9,12,14H,4-5H2,(H,13,15). The summed E-state index contributed by atoms with van der Waals surface area (Å²) in [6.45, 7) is 0.379. The molecule has 0 bridgehead atoms. The van der Waals surface area contributed by atoms with Gasteiger partial charge < -0.3 is 10.4 Å². The normalized spacial score (nSPS) is 18.8. The van der Waals surface area contributed by atoms with Crippen LogP contribution in [0.3, 0.4) is 0 Å². The molecule has 5 heteroatoms. The van der Waals surface area contributed by atoms with Gasteiger partial charge in [-0.2, -0.15) is 0 Å². The van der Waals surface area contributed by atoms with Crippen molar-refractivity contribution in [3.63, 3.8) is 0 Å². The smallest absolute Gasteiger partial charge is 0.246 e. The van der Waals surface area contributed by atoms with Gasteiger partial charge in [-0.05, 0) is 6.07 Å². The first-order chi connectivity index (χ1) is 7.24. The number of aliphatic hydroxyl groups excluding tert-OH is 1. The maximum Gasteiger partial charge on any atom is 0.246 e. The molecule has 2 rings (SSSR count). The van der Waals surface area contributed by atoms with Crippen LogP contribution in [-0.2, 0) is 4.79 Å². The molecule has 1 unspecified atom stereocenters. The molecular weight excluding hydrogens is 216 g/mol. The minimum absolute atomic E-state index is 0.000318. The summed E-state index contributed by atoms with van der Waals surface area (Å²) in [5.74, 6) is -0.133. The van der Waals surface area contributed by atoms with Crippen LogP contribution in [0.25, 0.3) is 0 Å². The molecule has 4 nitrogen and oxygen atoms in total. The van der Waals surface area contributed by atoms with Crippen LogP contribution in [0.5, 0.6) is 0 Å². The molecule has 0 radical (unpaired) electrons. The fraction of sp³-hybridized carbons (Fsp3) is 0.300. The maximum absolute atomic E-state index is 11.6. The molecule has 1 aliphatic heterocycles. The fourth-order valence-electron chi connectivity index (χ4n) is 1.66. The summed E-state index contributed by atoms with van der Waals surface area (Å²) in [7, 11) is 0. The number of rotatable bonds is 3. The van der Waals surface area contributed by atoms with Gasteiger partial charge in [-0.15, -0.1) is 0 Å². The number of para-hydroxylation sites is 1. The zero-order valence-electron chi connectivity index (χ0n) is 7.96. The van der Waals surface area contributed by atoms with E-state index in [4.69, 9.17) is 16.7 Å². The number of fused-ring (bicyclic) bond motifs is 1. The largest absolute Gasteiger partial charge is 0.395 e. The lowest BCUT2D eigenvalue weighted by Crippen LogP contribution is -2.29. The SMILES string of the molecule is O=C1Nc2c(Cl)cccc2C1NCCO. The lowest BCUT2D eigenvalue weighted by molar-refractivity contribution is -0.117. The van der Waals surface area contributed by atoms with Gasteiger partial charge in [-0.3, -0.25) is 10.1 Å². The molecule has 1 heterocycles. The number of halogens is 1. The molecule has 0 aliphatic carbocycles. The molecule has 0 fully saturated rings. The maximum atomic E-state index is 11.6. The molecule has 1 aromatic rings. The van der Waals surface area contributed by atoms with Crippen LogP contribution < -0.4 is 10.6 Å². The Kier molecular flexibility index (Phi) is 2.90. The van der Waals surface area contributed by atoms with E-state index >= 15 is 0 Å². The molecular formula is C10H11ClN2O2. The van der Waals surface area contributed by atoms with Crippen LogP contribution in [0.1, 0.15) is 11.6 Å². The van der Waals surface area contributed by atoms with Crippen LogP contribution >= 0.6 is 11.6 Å². The first-order valence-electron chi connectivity index (χ1n) is 4.67. The highest BCUT2D eigenvalue weighted by molar-refractivity contribution is 6.34. The Morgan fingerprint density at radius 3 is 3.07 bits per heavy atom. The Balaban J connectivity index is 2.29. The quantitative estimate of drug-likeness (QED) is 0.718. The topological polar surface area (TPSA) is 61.4 Å². The summed E-state index contributed by atoms with van der Waals surface area (Å²) in [4.78, 5) is 11.6. The third kappa shape index (κ3) is 1.84. The van der Waals surface area contributed by atoms with E-state index in [2.05, 4.69) is 10.6 Å². The van der Waals surface area contributed by atoms with Gasteiger partial charge in [0.2, 0.25) is 5.91 Å². The highest BCUT2D eigenvalue weighted by Crippen LogP contribution is 2.35. The predicted octanol–water partition coefficient (Wildman–Crippen LogP) is 0.915. The van der Waals surface area contributed by atoms with Gasteiger partial charge in [-0.1, -0.05) is 23.7 Å². The van der Waals surface area contributed by atoms with Crippen LogP contribution in [0.15, 0.2) is 18.2 Å². The molecule has 1 aliphatic rings. The molecule has 1 aromatic carbocycles. The molecule has 80 valence electrons. The van der Waals surface area contributed by atoms with Gasteiger partial charge in [0.15, 0.2) is 0 Å². The van der Waals surface area contributed by atoms with E-state index in [9.17, 15) is 4.79 Å². The van der Waals surface area contributed by atoms with Crippen LogP contribution in [0.4, 0.5) is 5.69 Å². The number of carbonyl (C=O) groups is 1. The third-order valence-electron chi connectivity index (χ3n) is 2.33. The molecule has 15 heavy (non-hydrogen) atoms. The highest BCUT2D eigenvalue weighted by atomic mass is 35.5. The molecule has 0 aromatic heterocycles. The number of benzene rings is 1. The van der Waals surface area contributed by atoms with E-state index in [1.165, 1.54) is 0 Å². The number of carbonyl (C=O) groups excluding carboxylic acids is 1. The first-order valence-corrected chi connectivity index (χ1v) is 5.05. The van der Waals surface area contributed by atoms with Gasteiger partial charge in [0.1, 0.15) is 6.04 Å². The van der Waals surface area contributed by atoms with Gasteiger partial charge in [-0.25, -0.2) is 0 Å². The number of hydrogen-bond acceptors (Lipinski definition) is 3. The van der Waals surface area contributed by atoms with Gasteiger partial charge in [0, 0.05) is 12.1 Å². The van der Waals surface area contributed by atoms with E-state index < -0.39 is 6.04 Å². The second kappa shape index (κ2) is 4.18. The van der Waals surface area contributed by atoms with Crippen LogP contribution in [0, 0.1) is 0 Å². The Labute approximate surface area is 92.2 Å². The molecule has 1 atom stereocenters. The summed E-state index contributed by atoms with van der Waals surface area (Å²) in [6, 6.07) is 4.96. The summed E-state index contributed by atoms with van der Waals surface area (Å²) in [6.07, 6.45) is 0. The van der Waals surface area contributed by atoms with E-state index in [1.54, 1.807) is 12.1 Å². The van der Waals surface area contributed by atoms with Crippen molar-refractivity contribution in [3.05, 3.63) is 28.8 Å². The van der Waals surface area contributed by atoms with Crippen LogP contribution in [0.2, 0.25) is 5.02 Å². The van der Waals surface area contributed by atoms with Crippen molar-refractivity contribution in [1.82, 2.24) is 5.32 Å². The number of anilines is 1. The van der Waals surface area contributed by atoms with Crippen molar-refractivity contribution in [3.8, 4) is 0 Å². The van der Waals surface area contributed by atoms with E-state index in [0.29, 0.717) is 17.3 Å². The number of hydrogen-bond donors (Lipinski definition) is 3. The highest BCUT2D eigenvalue weighted by Gasteiger charge is 2.30. The number of nitrogens with one attached hydrogen (secondary N) is 2. The van der Waals surface area contributed by atoms with Crippen LogP contribution in [-0.4, -0.2) is 24.2 Å². The van der Waals surface area contributed by atoms with Crippen molar-refractivity contribution >= 4 is 23.2 Å². The molecule has 1 amide bonds. The average Bonchev–Trinajstić information content (AvgIpc) is 2.54. The summed E-state index contributed by atoms with van der Waals surface area (Å²) < 4.78 is 0. The van der Waals surface area contributed by atoms with E-state index in [1.807, 2.05) is 6.07 Å². The molecule has 0 spiro atoms. The second-order valence-corrected chi connectivity index (χ2v) is 3.71. The first kappa shape index (κ1) is 10.4. The minimum Gasteiger partial charge on any atom is -0.395 e. The predicted molar refractivity (Wildman–Crippen MR) is 57.9 cm³/mol. The van der Waals surface area contributed by atoms with Crippen molar-refractivity contribution in [2.45, 2.75) is 6.04 Å². The summed E-state index contributed by atoms with van der Waals surface area (Å²) in [5, 5.41) is 14.9. The van der Waals surface area contributed by atoms with Crippen molar-refractivity contribution < 1.29 is 9.90 Å². The van der Waals surface area contributed by atoms with E-state index in [0.717, 1.165) is 5.56 Å². The van der Waals surface area contributed by atoms with Gasteiger partial charge in [0.25, 0.3) is 0 Å². The second-order valence-electron chi connectivity index (χ2n) is 3.30. The molecule has 0 saturated carbocycles. The van der Waals surface area contributed by atoms with Gasteiger partial charge in [0.05, 0.1) is 17.3 Å². The molecule has 3 N–H and O–H groups in total.